The Hall–Kier alpha value is -2.81. The minimum absolute atomic E-state index is 0.0154. The van der Waals surface area contributed by atoms with Crippen LogP contribution in [0, 0.1) is 0 Å². The van der Waals surface area contributed by atoms with Gasteiger partial charge in [-0.1, -0.05) is 42.9 Å². The minimum atomic E-state index is -0.449. The van der Waals surface area contributed by atoms with Crippen LogP contribution in [0.25, 0.3) is 0 Å². The highest BCUT2D eigenvalue weighted by Crippen LogP contribution is 2.20. The molecule has 26 heavy (non-hydrogen) atoms. The number of nitrogens with one attached hydrogen (secondary N) is 2. The van der Waals surface area contributed by atoms with Crippen molar-refractivity contribution in [1.29, 1.82) is 0 Å². The Labute approximate surface area is 154 Å². The molecule has 2 aromatic rings. The van der Waals surface area contributed by atoms with Crippen LogP contribution in [0.5, 0.6) is 0 Å². The topological polar surface area (TPSA) is 104 Å². The lowest BCUT2D eigenvalue weighted by Crippen LogP contribution is -2.31. The quantitative estimate of drug-likeness (QED) is 0.724. The van der Waals surface area contributed by atoms with Gasteiger partial charge in [-0.05, 0) is 18.1 Å². The fourth-order valence-electron chi connectivity index (χ4n) is 2.56. The summed E-state index contributed by atoms with van der Waals surface area (Å²) in [7, 11) is 0. The zero-order valence-electron chi connectivity index (χ0n) is 14.3. The summed E-state index contributed by atoms with van der Waals surface area (Å²) < 4.78 is 0. The van der Waals surface area contributed by atoms with E-state index in [1.807, 2.05) is 0 Å². The molecule has 1 aliphatic rings. The number of anilines is 1. The summed E-state index contributed by atoms with van der Waals surface area (Å²) in [5.41, 5.74) is 0.983. The number of carbonyl (C=O) groups is 3. The van der Waals surface area contributed by atoms with E-state index in [-0.39, 0.29) is 24.9 Å². The van der Waals surface area contributed by atoms with E-state index in [0.29, 0.717) is 16.3 Å². The van der Waals surface area contributed by atoms with Crippen LogP contribution in [-0.4, -0.2) is 39.5 Å². The Balaban J connectivity index is 1.72. The van der Waals surface area contributed by atoms with Gasteiger partial charge in [-0.3, -0.25) is 19.8 Å². The van der Waals surface area contributed by atoms with Gasteiger partial charge in [0, 0.05) is 12.0 Å². The molecule has 1 aliphatic heterocycles. The summed E-state index contributed by atoms with van der Waals surface area (Å²) in [6, 6.07) is 6.42. The lowest BCUT2D eigenvalue weighted by atomic mass is 10.1. The number of hydrogen-bond acceptors (Lipinski definition) is 6. The van der Waals surface area contributed by atoms with E-state index >= 15 is 0 Å². The molecule has 136 valence electrons. The van der Waals surface area contributed by atoms with Gasteiger partial charge in [0.25, 0.3) is 5.91 Å². The number of imide groups is 1. The SMILES string of the molecule is CCCCc1nnc(NC(=O)c2ccccc2CN2C(=O)CNC2=O)s1. The first-order valence-electron chi connectivity index (χ1n) is 8.38. The van der Waals surface area contributed by atoms with Gasteiger partial charge in [0.05, 0.1) is 13.1 Å². The second-order valence-electron chi connectivity index (χ2n) is 5.85. The van der Waals surface area contributed by atoms with Gasteiger partial charge < -0.3 is 5.32 Å². The third kappa shape index (κ3) is 4.05. The van der Waals surface area contributed by atoms with Crippen LogP contribution in [0.15, 0.2) is 24.3 Å². The maximum absolute atomic E-state index is 12.6. The second-order valence-corrected chi connectivity index (χ2v) is 6.92. The number of nitrogens with zero attached hydrogens (tertiary/aromatic N) is 3. The highest BCUT2D eigenvalue weighted by molar-refractivity contribution is 7.15. The summed E-state index contributed by atoms with van der Waals surface area (Å²) in [6.07, 6.45) is 2.93. The number of unbranched alkanes of at least 4 members (excludes halogenated alkanes) is 1. The van der Waals surface area contributed by atoms with Crippen molar-refractivity contribution < 1.29 is 14.4 Å². The summed E-state index contributed by atoms with van der Waals surface area (Å²) >= 11 is 1.35. The highest BCUT2D eigenvalue weighted by Gasteiger charge is 2.29. The molecule has 1 fully saturated rings. The van der Waals surface area contributed by atoms with Crippen molar-refractivity contribution in [2.75, 3.05) is 11.9 Å². The summed E-state index contributed by atoms with van der Waals surface area (Å²) in [4.78, 5) is 37.2. The monoisotopic (exact) mass is 373 g/mol. The Morgan fingerprint density at radius 3 is 2.85 bits per heavy atom. The zero-order chi connectivity index (χ0) is 18.5. The van der Waals surface area contributed by atoms with Crippen LogP contribution in [0.3, 0.4) is 0 Å². The Morgan fingerprint density at radius 1 is 1.31 bits per heavy atom. The molecule has 1 aromatic carbocycles. The largest absolute Gasteiger partial charge is 0.329 e. The summed E-state index contributed by atoms with van der Waals surface area (Å²) in [5.74, 6) is -0.652. The predicted octanol–water partition coefficient (Wildman–Crippen LogP) is 2.18. The van der Waals surface area contributed by atoms with Crippen molar-refractivity contribution in [3.8, 4) is 0 Å². The van der Waals surface area contributed by atoms with Gasteiger partial charge in [-0.2, -0.15) is 0 Å². The molecule has 1 aromatic heterocycles. The molecule has 9 heteroatoms. The number of urea groups is 1. The number of rotatable bonds is 7. The molecule has 0 saturated carbocycles. The average Bonchev–Trinajstić information content (AvgIpc) is 3.21. The molecule has 2 N–H and O–H groups in total. The number of aromatic nitrogens is 2. The summed E-state index contributed by atoms with van der Waals surface area (Å²) in [5, 5.41) is 14.6. The van der Waals surface area contributed by atoms with Gasteiger partial charge >= 0.3 is 6.03 Å². The van der Waals surface area contributed by atoms with E-state index < -0.39 is 6.03 Å². The first kappa shape index (κ1) is 18.0. The Kier molecular flexibility index (Phi) is 5.57. The number of hydrogen-bond donors (Lipinski definition) is 2. The number of carbonyl (C=O) groups excluding carboxylic acids is 3. The molecule has 2 heterocycles. The predicted molar refractivity (Wildman–Crippen MR) is 96.9 cm³/mol. The van der Waals surface area contributed by atoms with Gasteiger partial charge in [-0.15, -0.1) is 10.2 Å². The second kappa shape index (κ2) is 8.05. The third-order valence-electron chi connectivity index (χ3n) is 3.96. The number of benzene rings is 1. The fraction of sp³-hybridized carbons (Fsp3) is 0.353. The van der Waals surface area contributed by atoms with Gasteiger partial charge in [-0.25, -0.2) is 4.79 Å². The molecule has 8 nitrogen and oxygen atoms in total. The first-order chi connectivity index (χ1) is 12.6. The molecule has 3 rings (SSSR count). The lowest BCUT2D eigenvalue weighted by molar-refractivity contribution is -0.125. The van der Waals surface area contributed by atoms with Crippen molar-refractivity contribution in [3.63, 3.8) is 0 Å². The highest BCUT2D eigenvalue weighted by atomic mass is 32.1. The lowest BCUT2D eigenvalue weighted by Gasteiger charge is -2.15. The zero-order valence-corrected chi connectivity index (χ0v) is 15.1. The molecule has 0 radical (unpaired) electrons. The van der Waals surface area contributed by atoms with Crippen LogP contribution in [0.4, 0.5) is 9.93 Å². The van der Waals surface area contributed by atoms with Crippen LogP contribution in [0.1, 0.15) is 40.7 Å². The minimum Gasteiger partial charge on any atom is -0.329 e. The molecular formula is C17H19N5O3S. The maximum Gasteiger partial charge on any atom is 0.324 e. The fourth-order valence-corrected chi connectivity index (χ4v) is 3.34. The normalized spacial score (nSPS) is 13.8. The number of aryl methyl sites for hydroxylation is 1. The maximum atomic E-state index is 12.6. The van der Waals surface area contributed by atoms with Crippen molar-refractivity contribution in [2.24, 2.45) is 0 Å². The molecule has 1 saturated heterocycles. The third-order valence-corrected chi connectivity index (χ3v) is 4.86. The van der Waals surface area contributed by atoms with E-state index in [4.69, 9.17) is 0 Å². The molecule has 0 atom stereocenters. The standard InChI is InChI=1S/C17H19N5O3S/c1-2-3-8-13-20-21-16(26-13)19-15(24)12-7-5-4-6-11(12)10-22-14(23)9-18-17(22)25/h4-7H,2-3,8-10H2,1H3,(H,18,25)(H,19,21,24). The smallest absolute Gasteiger partial charge is 0.324 e. The van der Waals surface area contributed by atoms with Gasteiger partial charge in [0.1, 0.15) is 5.01 Å². The van der Waals surface area contributed by atoms with Crippen molar-refractivity contribution in [2.45, 2.75) is 32.7 Å². The van der Waals surface area contributed by atoms with E-state index in [1.165, 1.54) is 11.3 Å². The number of amides is 4. The van der Waals surface area contributed by atoms with Crippen molar-refractivity contribution >= 4 is 34.3 Å². The molecule has 0 unspecified atom stereocenters. The van der Waals surface area contributed by atoms with Crippen LogP contribution < -0.4 is 10.6 Å². The first-order valence-corrected chi connectivity index (χ1v) is 9.20. The van der Waals surface area contributed by atoms with Crippen LogP contribution >= 0.6 is 11.3 Å². The molecule has 0 bridgehead atoms. The Bertz CT molecular complexity index is 819. The Morgan fingerprint density at radius 2 is 2.12 bits per heavy atom. The average molecular weight is 373 g/mol. The van der Waals surface area contributed by atoms with Crippen LogP contribution in [-0.2, 0) is 17.8 Å². The van der Waals surface area contributed by atoms with Gasteiger partial charge in [0.2, 0.25) is 11.0 Å². The molecular weight excluding hydrogens is 354 g/mol. The molecule has 0 spiro atoms. The van der Waals surface area contributed by atoms with E-state index in [0.717, 1.165) is 29.2 Å². The molecule has 4 amide bonds. The molecule has 0 aliphatic carbocycles. The van der Waals surface area contributed by atoms with E-state index in [1.54, 1.807) is 24.3 Å². The van der Waals surface area contributed by atoms with Gasteiger partial charge in [0.15, 0.2) is 0 Å². The van der Waals surface area contributed by atoms with Crippen molar-refractivity contribution in [3.05, 3.63) is 40.4 Å². The van der Waals surface area contributed by atoms with E-state index in [2.05, 4.69) is 27.8 Å². The van der Waals surface area contributed by atoms with Crippen molar-refractivity contribution in [1.82, 2.24) is 20.4 Å². The van der Waals surface area contributed by atoms with Crippen LogP contribution in [0.2, 0.25) is 0 Å². The van der Waals surface area contributed by atoms with E-state index in [9.17, 15) is 14.4 Å². The summed E-state index contributed by atoms with van der Waals surface area (Å²) in [6.45, 7) is 2.14.